The first-order valence-corrected chi connectivity index (χ1v) is 7.71. The van der Waals surface area contributed by atoms with Crippen molar-refractivity contribution in [1.29, 1.82) is 0 Å². The van der Waals surface area contributed by atoms with Gasteiger partial charge in [0.15, 0.2) is 0 Å². The third-order valence-corrected chi connectivity index (χ3v) is 3.20. The Bertz CT molecular complexity index is 500. The summed E-state index contributed by atoms with van der Waals surface area (Å²) in [5, 5.41) is 24.9. The van der Waals surface area contributed by atoms with E-state index in [1.165, 1.54) is 0 Å². The van der Waals surface area contributed by atoms with Crippen molar-refractivity contribution in [2.45, 2.75) is 25.0 Å². The molecule has 25 heavy (non-hydrogen) atoms. The van der Waals surface area contributed by atoms with Crippen LogP contribution in [0.1, 0.15) is 12.1 Å². The van der Waals surface area contributed by atoms with E-state index in [1.54, 1.807) is 12.5 Å². The fraction of sp³-hybridized carbons (Fsp3) is 0.750. The molecule has 0 amide bonds. The number of aromatic amines is 1. The third kappa shape index (κ3) is 10.1. The second-order valence-electron chi connectivity index (χ2n) is 5.20. The molecule has 5 N–H and O–H groups in total. The molecule has 13 nitrogen and oxygen atoms in total. The van der Waals surface area contributed by atoms with Crippen LogP contribution in [-0.4, -0.2) is 65.1 Å². The maximum absolute atomic E-state index is 10.4. The van der Waals surface area contributed by atoms with Crippen LogP contribution in [0.5, 0.6) is 0 Å². The van der Waals surface area contributed by atoms with Crippen LogP contribution in [0.15, 0.2) is 12.5 Å². The summed E-state index contributed by atoms with van der Waals surface area (Å²) >= 11 is 0. The minimum absolute atomic E-state index is 0.0136. The van der Waals surface area contributed by atoms with Crippen molar-refractivity contribution in [3.63, 3.8) is 0 Å². The minimum atomic E-state index is -1.09. The average Bonchev–Trinajstić information content (AvgIpc) is 3.05. The summed E-state index contributed by atoms with van der Waals surface area (Å²) in [6.07, 6.45) is 3.67. The molecule has 0 aliphatic heterocycles. The van der Waals surface area contributed by atoms with Crippen LogP contribution in [0.2, 0.25) is 0 Å². The van der Waals surface area contributed by atoms with E-state index >= 15 is 0 Å². The van der Waals surface area contributed by atoms with Crippen LogP contribution in [0.4, 0.5) is 0 Å². The molecule has 1 aromatic heterocycles. The molecule has 142 valence electrons. The zero-order chi connectivity index (χ0) is 18.5. The number of nitrogens with two attached hydrogens (primary N) is 1. The lowest BCUT2D eigenvalue weighted by atomic mass is 10.1. The second kappa shape index (κ2) is 11.9. The van der Waals surface area contributed by atoms with Crippen molar-refractivity contribution in [2.24, 2.45) is 5.73 Å². The van der Waals surface area contributed by atoms with E-state index in [9.17, 15) is 20.2 Å². The Hall–Kier alpha value is -2.51. The molecule has 1 heterocycles. The first-order valence-electron chi connectivity index (χ1n) is 7.71. The molecule has 2 atom stereocenters. The van der Waals surface area contributed by atoms with Gasteiger partial charge in [-0.05, 0) is 19.5 Å². The van der Waals surface area contributed by atoms with E-state index in [0.29, 0.717) is 19.5 Å². The lowest BCUT2D eigenvalue weighted by Crippen LogP contribution is -2.44. The number of aromatic nitrogens is 2. The smallest absolute Gasteiger partial charge is 0.294 e. The molecular formula is C12H23N7O6. The van der Waals surface area contributed by atoms with E-state index in [2.05, 4.69) is 30.3 Å². The molecule has 0 aromatic carbocycles. The normalized spacial score (nSPS) is 13.2. The molecule has 0 fully saturated rings. The number of H-pyrrole nitrogens is 1. The molecular weight excluding hydrogens is 338 g/mol. The fourth-order valence-electron chi connectivity index (χ4n) is 2.10. The summed E-state index contributed by atoms with van der Waals surface area (Å²) in [7, 11) is 0. The summed E-state index contributed by atoms with van der Waals surface area (Å²) in [5.41, 5.74) is 6.41. The van der Waals surface area contributed by atoms with Gasteiger partial charge in [0.1, 0.15) is 12.7 Å². The summed E-state index contributed by atoms with van der Waals surface area (Å²) in [5.74, 6) is 0. The van der Waals surface area contributed by atoms with Crippen LogP contribution >= 0.6 is 0 Å². The predicted octanol–water partition coefficient (Wildman–Crippen LogP) is -1.37. The van der Waals surface area contributed by atoms with Crippen LogP contribution in [0.25, 0.3) is 0 Å². The van der Waals surface area contributed by atoms with Crippen LogP contribution in [0, 0.1) is 20.2 Å². The number of hydrogen-bond acceptors (Lipinski definition) is 10. The molecule has 0 bridgehead atoms. The SMILES string of the molecule is NCCCN[C@H](CNC[C@H](CO[N+](=O)[O-])O[N+](=O)[O-])Cc1cnc[nH]1. The van der Waals surface area contributed by atoms with Gasteiger partial charge in [-0.25, -0.2) is 4.98 Å². The highest BCUT2D eigenvalue weighted by molar-refractivity contribution is 4.98. The lowest BCUT2D eigenvalue weighted by Gasteiger charge is -2.20. The van der Waals surface area contributed by atoms with Crippen LogP contribution in [-0.2, 0) is 16.1 Å². The highest BCUT2D eigenvalue weighted by Gasteiger charge is 2.17. The van der Waals surface area contributed by atoms with Gasteiger partial charge in [-0.2, -0.15) is 0 Å². The summed E-state index contributed by atoms with van der Waals surface area (Å²) < 4.78 is 0. The van der Waals surface area contributed by atoms with Gasteiger partial charge in [0, 0.05) is 37.4 Å². The van der Waals surface area contributed by atoms with E-state index in [1.807, 2.05) is 0 Å². The molecule has 0 aliphatic carbocycles. The van der Waals surface area contributed by atoms with Gasteiger partial charge in [-0.15, -0.1) is 20.2 Å². The highest BCUT2D eigenvalue weighted by Crippen LogP contribution is 1.99. The zero-order valence-electron chi connectivity index (χ0n) is 13.6. The highest BCUT2D eigenvalue weighted by atomic mass is 17.0. The lowest BCUT2D eigenvalue weighted by molar-refractivity contribution is -0.789. The predicted molar refractivity (Wildman–Crippen MR) is 85.4 cm³/mol. The van der Waals surface area contributed by atoms with Crippen LogP contribution < -0.4 is 16.4 Å². The number of nitrogens with zero attached hydrogens (tertiary/aromatic N) is 3. The topological polar surface area (TPSA) is 184 Å². The maximum atomic E-state index is 10.4. The first-order chi connectivity index (χ1) is 12.0. The largest absolute Gasteiger partial charge is 0.348 e. The van der Waals surface area contributed by atoms with Crippen LogP contribution in [0.3, 0.4) is 0 Å². The minimum Gasteiger partial charge on any atom is -0.348 e. The number of imidazole rings is 1. The molecule has 1 aromatic rings. The summed E-state index contributed by atoms with van der Waals surface area (Å²) in [6, 6.07) is 0.0136. The van der Waals surface area contributed by atoms with Crippen molar-refractivity contribution in [3.05, 3.63) is 38.4 Å². The Labute approximate surface area is 143 Å². The molecule has 13 heteroatoms. The quantitative estimate of drug-likeness (QED) is 0.165. The molecule has 0 radical (unpaired) electrons. The molecule has 0 unspecified atom stereocenters. The van der Waals surface area contributed by atoms with Crippen molar-refractivity contribution < 1.29 is 19.8 Å². The monoisotopic (exact) mass is 361 g/mol. The zero-order valence-corrected chi connectivity index (χ0v) is 13.6. The Kier molecular flexibility index (Phi) is 9.81. The number of rotatable bonds is 15. The fourth-order valence-corrected chi connectivity index (χ4v) is 2.10. The Morgan fingerprint density at radius 2 is 2.12 bits per heavy atom. The van der Waals surface area contributed by atoms with Crippen molar-refractivity contribution >= 4 is 0 Å². The van der Waals surface area contributed by atoms with Gasteiger partial charge in [0.2, 0.25) is 0 Å². The van der Waals surface area contributed by atoms with E-state index < -0.39 is 22.9 Å². The average molecular weight is 361 g/mol. The Morgan fingerprint density at radius 3 is 2.72 bits per heavy atom. The molecule has 0 aliphatic rings. The van der Waals surface area contributed by atoms with E-state index in [0.717, 1.165) is 18.7 Å². The van der Waals surface area contributed by atoms with Crippen molar-refractivity contribution in [3.8, 4) is 0 Å². The van der Waals surface area contributed by atoms with Gasteiger partial charge >= 0.3 is 0 Å². The standard InChI is InChI=1S/C12H23N7O6/c13-2-1-3-16-10(4-11-6-15-9-17-11)5-14-7-12(25-19(22)23)8-24-18(20)21/h6,9-10,12,14,16H,1-5,7-8,13H2,(H,15,17)/t10-,12+/m0/s1. The van der Waals surface area contributed by atoms with Crippen molar-refractivity contribution in [2.75, 3.05) is 32.8 Å². The summed E-state index contributed by atoms with van der Waals surface area (Å²) in [4.78, 5) is 36.1. The maximum Gasteiger partial charge on any atom is 0.294 e. The van der Waals surface area contributed by atoms with Gasteiger partial charge in [-0.3, -0.25) is 0 Å². The third-order valence-electron chi connectivity index (χ3n) is 3.20. The Balaban J connectivity index is 2.44. The molecule has 0 spiro atoms. The summed E-state index contributed by atoms with van der Waals surface area (Å²) in [6.45, 7) is 1.23. The number of hydrogen-bond donors (Lipinski definition) is 4. The molecule has 1 rings (SSSR count). The first kappa shape index (κ1) is 20.5. The van der Waals surface area contributed by atoms with Gasteiger partial charge in [0.25, 0.3) is 10.2 Å². The molecule has 0 saturated heterocycles. The number of nitrogens with one attached hydrogen (secondary N) is 3. The Morgan fingerprint density at radius 1 is 1.32 bits per heavy atom. The van der Waals surface area contributed by atoms with Gasteiger partial charge in [-0.1, -0.05) is 0 Å². The van der Waals surface area contributed by atoms with Gasteiger partial charge < -0.3 is 31.0 Å². The van der Waals surface area contributed by atoms with E-state index in [4.69, 9.17) is 5.73 Å². The second-order valence-corrected chi connectivity index (χ2v) is 5.20. The van der Waals surface area contributed by atoms with Gasteiger partial charge in [0.05, 0.1) is 6.33 Å². The molecule has 0 saturated carbocycles. The van der Waals surface area contributed by atoms with E-state index in [-0.39, 0.29) is 12.6 Å². The van der Waals surface area contributed by atoms with Crippen molar-refractivity contribution in [1.82, 2.24) is 20.6 Å².